The van der Waals surface area contributed by atoms with Crippen molar-refractivity contribution in [2.75, 3.05) is 20.3 Å². The molecule has 0 bridgehead atoms. The number of hydrogen-bond acceptors (Lipinski definition) is 3. The van der Waals surface area contributed by atoms with Crippen LogP contribution in [0.2, 0.25) is 0 Å². The lowest BCUT2D eigenvalue weighted by molar-refractivity contribution is -0.0167. The van der Waals surface area contributed by atoms with E-state index in [-0.39, 0.29) is 23.1 Å². The van der Waals surface area contributed by atoms with Crippen molar-refractivity contribution in [1.82, 2.24) is 5.32 Å². The fourth-order valence-electron chi connectivity index (χ4n) is 1.98. The molecule has 4 atom stereocenters. The predicted molar refractivity (Wildman–Crippen MR) is 46.6 cm³/mol. The smallest absolute Gasteiger partial charge is 0.106 e. The number of nitrogens with one attached hydrogen (secondary N) is 1. The van der Waals surface area contributed by atoms with Crippen LogP contribution in [0.5, 0.6) is 0 Å². The second-order valence-corrected chi connectivity index (χ2v) is 4.25. The molecule has 0 aromatic rings. The van der Waals surface area contributed by atoms with Crippen molar-refractivity contribution in [2.24, 2.45) is 0 Å². The first-order valence-corrected chi connectivity index (χ1v) is 4.65. The molecule has 3 nitrogen and oxygen atoms in total. The zero-order valence-electron chi connectivity index (χ0n) is 7.34. The van der Waals surface area contributed by atoms with Gasteiger partial charge >= 0.3 is 0 Å². The van der Waals surface area contributed by atoms with E-state index in [2.05, 4.69) is 12.2 Å². The average Bonchev–Trinajstić information content (AvgIpc) is 2.57. The number of alkyl halides is 1. The van der Waals surface area contributed by atoms with Crippen LogP contribution in [0.25, 0.3) is 0 Å². The monoisotopic (exact) mass is 191 g/mol. The van der Waals surface area contributed by atoms with Crippen LogP contribution in [0.1, 0.15) is 6.92 Å². The lowest BCUT2D eigenvalue weighted by atomic mass is 9.97. The summed E-state index contributed by atoms with van der Waals surface area (Å²) in [5.41, 5.74) is -0.200. The topological polar surface area (TPSA) is 30.5 Å². The van der Waals surface area contributed by atoms with Crippen molar-refractivity contribution in [1.29, 1.82) is 0 Å². The van der Waals surface area contributed by atoms with Gasteiger partial charge in [-0.25, -0.2) is 0 Å². The molecule has 2 rings (SSSR count). The molecular weight excluding hydrogens is 178 g/mol. The van der Waals surface area contributed by atoms with E-state index < -0.39 is 0 Å². The van der Waals surface area contributed by atoms with Crippen LogP contribution in [0.3, 0.4) is 0 Å². The fourth-order valence-corrected chi connectivity index (χ4v) is 2.29. The van der Waals surface area contributed by atoms with E-state index in [1.54, 1.807) is 7.11 Å². The Morgan fingerprint density at radius 1 is 1.67 bits per heavy atom. The number of fused-ring (bicyclic) bond motifs is 1. The van der Waals surface area contributed by atoms with Gasteiger partial charge in [-0.05, 0) is 6.92 Å². The molecule has 2 aliphatic heterocycles. The Hall–Kier alpha value is 0.170. The minimum atomic E-state index is -0.200. The van der Waals surface area contributed by atoms with E-state index in [0.717, 1.165) is 6.54 Å². The minimum Gasteiger partial charge on any atom is -0.374 e. The maximum Gasteiger partial charge on any atom is 0.106 e. The number of halogens is 1. The van der Waals surface area contributed by atoms with Crippen molar-refractivity contribution in [3.05, 3.63) is 0 Å². The second-order valence-electron chi connectivity index (χ2n) is 3.69. The molecule has 0 aliphatic carbocycles. The summed E-state index contributed by atoms with van der Waals surface area (Å²) >= 11 is 6.05. The highest BCUT2D eigenvalue weighted by Gasteiger charge is 2.52. The van der Waals surface area contributed by atoms with Gasteiger partial charge in [0, 0.05) is 13.7 Å². The standard InChI is InChI=1S/C8H14ClNO2/c1-8(11-2)4-12-6-5(9)3-10-7(6)8/h5-7,10H,3-4H2,1-2H3/t5-,6?,7?,8?/m0/s1. The van der Waals surface area contributed by atoms with Gasteiger partial charge in [0.05, 0.1) is 24.1 Å². The van der Waals surface area contributed by atoms with Crippen molar-refractivity contribution >= 4 is 11.6 Å². The summed E-state index contributed by atoms with van der Waals surface area (Å²) in [5.74, 6) is 0. The molecule has 2 fully saturated rings. The normalized spacial score (nSPS) is 52.8. The molecule has 3 unspecified atom stereocenters. The molecule has 2 aliphatic rings. The van der Waals surface area contributed by atoms with Gasteiger partial charge in [0.2, 0.25) is 0 Å². The van der Waals surface area contributed by atoms with Crippen LogP contribution in [0.15, 0.2) is 0 Å². The van der Waals surface area contributed by atoms with Crippen LogP contribution >= 0.6 is 11.6 Å². The quantitative estimate of drug-likeness (QED) is 0.608. The fraction of sp³-hybridized carbons (Fsp3) is 1.00. The molecule has 70 valence electrons. The number of rotatable bonds is 1. The molecule has 0 aromatic carbocycles. The minimum absolute atomic E-state index is 0.0898. The van der Waals surface area contributed by atoms with E-state index in [1.165, 1.54) is 0 Å². The number of ether oxygens (including phenoxy) is 2. The van der Waals surface area contributed by atoms with E-state index in [9.17, 15) is 0 Å². The predicted octanol–water partition coefficient (Wildman–Crippen LogP) is 0.369. The van der Waals surface area contributed by atoms with E-state index >= 15 is 0 Å². The summed E-state index contributed by atoms with van der Waals surface area (Å²) in [7, 11) is 1.72. The van der Waals surface area contributed by atoms with Crippen molar-refractivity contribution < 1.29 is 9.47 Å². The third-order valence-corrected chi connectivity index (χ3v) is 3.31. The van der Waals surface area contributed by atoms with E-state index in [4.69, 9.17) is 21.1 Å². The second kappa shape index (κ2) is 2.84. The molecule has 12 heavy (non-hydrogen) atoms. The summed E-state index contributed by atoms with van der Waals surface area (Å²) in [4.78, 5) is 0. The largest absolute Gasteiger partial charge is 0.374 e. The van der Waals surface area contributed by atoms with Gasteiger partial charge in [0.25, 0.3) is 0 Å². The Morgan fingerprint density at radius 3 is 3.08 bits per heavy atom. The highest BCUT2D eigenvalue weighted by Crippen LogP contribution is 2.34. The molecule has 4 heteroatoms. The molecule has 2 heterocycles. The zero-order chi connectivity index (χ0) is 8.77. The zero-order valence-corrected chi connectivity index (χ0v) is 8.10. The average molecular weight is 192 g/mol. The molecule has 0 aromatic heterocycles. The molecule has 0 spiro atoms. The third-order valence-electron chi connectivity index (χ3n) is 2.90. The number of hydrogen-bond donors (Lipinski definition) is 1. The van der Waals surface area contributed by atoms with Crippen LogP contribution < -0.4 is 5.32 Å². The summed E-state index contributed by atoms with van der Waals surface area (Å²) in [6, 6.07) is 0.255. The lowest BCUT2D eigenvalue weighted by Crippen LogP contribution is -2.47. The Labute approximate surface area is 77.4 Å². The summed E-state index contributed by atoms with van der Waals surface area (Å²) in [6.07, 6.45) is 0.122. The van der Waals surface area contributed by atoms with Crippen LogP contribution in [-0.2, 0) is 9.47 Å². The van der Waals surface area contributed by atoms with Crippen LogP contribution in [0, 0.1) is 0 Å². The molecule has 0 saturated carbocycles. The highest BCUT2D eigenvalue weighted by atomic mass is 35.5. The Balaban J connectivity index is 2.15. The molecule has 0 radical (unpaired) electrons. The van der Waals surface area contributed by atoms with E-state index in [1.807, 2.05) is 0 Å². The van der Waals surface area contributed by atoms with Gasteiger partial charge < -0.3 is 14.8 Å². The maximum absolute atomic E-state index is 6.05. The third kappa shape index (κ3) is 1.08. The van der Waals surface area contributed by atoms with Gasteiger partial charge in [0.15, 0.2) is 0 Å². The highest BCUT2D eigenvalue weighted by molar-refractivity contribution is 6.21. The molecular formula is C8H14ClNO2. The SMILES string of the molecule is COC1(C)COC2C1NC[C@@H]2Cl. The first-order valence-electron chi connectivity index (χ1n) is 4.21. The first-order chi connectivity index (χ1) is 5.67. The van der Waals surface area contributed by atoms with Gasteiger partial charge in [-0.3, -0.25) is 0 Å². The Morgan fingerprint density at radius 2 is 2.42 bits per heavy atom. The van der Waals surface area contributed by atoms with Gasteiger partial charge in [-0.2, -0.15) is 0 Å². The summed E-state index contributed by atoms with van der Waals surface area (Å²) in [5, 5.41) is 3.42. The molecule has 0 amide bonds. The van der Waals surface area contributed by atoms with Gasteiger partial charge in [-0.1, -0.05) is 0 Å². The van der Waals surface area contributed by atoms with Crippen LogP contribution in [-0.4, -0.2) is 43.4 Å². The lowest BCUT2D eigenvalue weighted by Gasteiger charge is -2.27. The summed E-state index contributed by atoms with van der Waals surface area (Å²) < 4.78 is 11.0. The molecule has 2 saturated heterocycles. The maximum atomic E-state index is 6.05. The van der Waals surface area contributed by atoms with Gasteiger partial charge in [0.1, 0.15) is 5.60 Å². The van der Waals surface area contributed by atoms with Crippen molar-refractivity contribution in [2.45, 2.75) is 30.0 Å². The van der Waals surface area contributed by atoms with Crippen molar-refractivity contribution in [3.63, 3.8) is 0 Å². The Bertz CT molecular complexity index is 190. The van der Waals surface area contributed by atoms with E-state index in [0.29, 0.717) is 6.61 Å². The molecule has 1 N–H and O–H groups in total. The summed E-state index contributed by atoms with van der Waals surface area (Å²) in [6.45, 7) is 3.50. The Kier molecular flexibility index (Phi) is 2.07. The van der Waals surface area contributed by atoms with Crippen LogP contribution in [0.4, 0.5) is 0 Å². The number of methoxy groups -OCH3 is 1. The van der Waals surface area contributed by atoms with Gasteiger partial charge in [-0.15, -0.1) is 11.6 Å². The van der Waals surface area contributed by atoms with Crippen molar-refractivity contribution in [3.8, 4) is 0 Å². The first kappa shape index (κ1) is 8.75.